The van der Waals surface area contributed by atoms with E-state index in [1.165, 1.54) is 4.90 Å². The molecule has 0 aliphatic carbocycles. The van der Waals surface area contributed by atoms with Gasteiger partial charge in [0.2, 0.25) is 5.91 Å². The number of carbonyl (C=O) groups excluding carboxylic acids is 1. The Balaban J connectivity index is 0.00000361. The highest BCUT2D eigenvalue weighted by Gasteiger charge is 2.36. The quantitative estimate of drug-likeness (QED) is 0.816. The van der Waals surface area contributed by atoms with Gasteiger partial charge in [-0.05, 0) is 43.4 Å². The van der Waals surface area contributed by atoms with Crippen molar-refractivity contribution in [3.05, 3.63) is 24.3 Å². The van der Waals surface area contributed by atoms with E-state index in [0.717, 1.165) is 18.5 Å². The van der Waals surface area contributed by atoms with Gasteiger partial charge in [0.1, 0.15) is 0 Å². The van der Waals surface area contributed by atoms with Gasteiger partial charge >= 0.3 is 0 Å². The van der Waals surface area contributed by atoms with E-state index in [1.807, 2.05) is 51.4 Å². The lowest BCUT2D eigenvalue weighted by atomic mass is 9.81. The lowest BCUT2D eigenvalue weighted by molar-refractivity contribution is -0.127. The Morgan fingerprint density at radius 2 is 1.75 bits per heavy atom. The highest BCUT2D eigenvalue weighted by Crippen LogP contribution is 2.30. The normalized spacial score (nSPS) is 10.8. The topological polar surface area (TPSA) is 46.3 Å². The van der Waals surface area contributed by atoms with Gasteiger partial charge in [-0.25, -0.2) is 0 Å². The molecule has 5 heteroatoms. The SMILES string of the molecule is CCC(CC)(CN)C(=O)N(C)c1ccc(SC)cc1.Cl. The molecule has 0 fully saturated rings. The number of nitrogens with two attached hydrogens (primary N) is 1. The number of anilines is 1. The fraction of sp³-hybridized carbons (Fsp3) is 0.533. The zero-order chi connectivity index (χ0) is 14.5. The van der Waals surface area contributed by atoms with E-state index in [4.69, 9.17) is 5.73 Å². The number of amides is 1. The molecule has 114 valence electrons. The lowest BCUT2D eigenvalue weighted by Gasteiger charge is -2.33. The second kappa shape index (κ2) is 8.55. The number of carbonyl (C=O) groups is 1. The molecule has 0 atom stereocenters. The largest absolute Gasteiger partial charge is 0.329 e. The Morgan fingerprint density at radius 1 is 1.25 bits per heavy atom. The zero-order valence-electron chi connectivity index (χ0n) is 12.7. The molecule has 0 aliphatic rings. The highest BCUT2D eigenvalue weighted by atomic mass is 35.5. The van der Waals surface area contributed by atoms with Gasteiger partial charge in [-0.2, -0.15) is 0 Å². The van der Waals surface area contributed by atoms with Gasteiger partial charge in [-0.3, -0.25) is 4.79 Å². The first-order valence-electron chi connectivity index (χ1n) is 6.67. The second-order valence-corrected chi connectivity index (χ2v) is 5.63. The maximum Gasteiger partial charge on any atom is 0.234 e. The van der Waals surface area contributed by atoms with Crippen LogP contribution in [0.1, 0.15) is 26.7 Å². The standard InChI is InChI=1S/C15H24N2OS.ClH/c1-5-15(6-2,11-16)14(18)17(3)12-7-9-13(19-4)10-8-12;/h7-10H,5-6,11,16H2,1-4H3;1H. The van der Waals surface area contributed by atoms with E-state index < -0.39 is 5.41 Å². The van der Waals surface area contributed by atoms with Gasteiger partial charge in [0.25, 0.3) is 0 Å². The highest BCUT2D eigenvalue weighted by molar-refractivity contribution is 7.98. The minimum Gasteiger partial charge on any atom is -0.329 e. The Kier molecular flexibility index (Phi) is 8.25. The van der Waals surface area contributed by atoms with Crippen LogP contribution in [0.15, 0.2) is 29.2 Å². The predicted molar refractivity (Wildman–Crippen MR) is 91.0 cm³/mol. The summed E-state index contributed by atoms with van der Waals surface area (Å²) in [5, 5.41) is 0. The van der Waals surface area contributed by atoms with Crippen LogP contribution in [0.25, 0.3) is 0 Å². The van der Waals surface area contributed by atoms with Crippen molar-refractivity contribution in [2.45, 2.75) is 31.6 Å². The summed E-state index contributed by atoms with van der Waals surface area (Å²) in [6, 6.07) is 8.03. The Labute approximate surface area is 132 Å². The van der Waals surface area contributed by atoms with Crippen molar-refractivity contribution in [3.63, 3.8) is 0 Å². The van der Waals surface area contributed by atoms with Gasteiger partial charge in [-0.15, -0.1) is 24.2 Å². The molecule has 1 aromatic rings. The first-order valence-corrected chi connectivity index (χ1v) is 7.89. The molecule has 2 N–H and O–H groups in total. The number of halogens is 1. The van der Waals surface area contributed by atoms with Crippen LogP contribution in [0, 0.1) is 5.41 Å². The van der Waals surface area contributed by atoms with E-state index >= 15 is 0 Å². The summed E-state index contributed by atoms with van der Waals surface area (Å²) in [5.74, 6) is 0.108. The van der Waals surface area contributed by atoms with Gasteiger partial charge < -0.3 is 10.6 Å². The fourth-order valence-corrected chi connectivity index (χ4v) is 2.62. The molecular weight excluding hydrogens is 292 g/mol. The van der Waals surface area contributed by atoms with E-state index in [1.54, 1.807) is 16.7 Å². The predicted octanol–water partition coefficient (Wildman–Crippen LogP) is 3.56. The molecule has 0 heterocycles. The number of benzene rings is 1. The number of nitrogens with zero attached hydrogens (tertiary/aromatic N) is 1. The third-order valence-electron chi connectivity index (χ3n) is 3.96. The molecule has 0 saturated carbocycles. The molecule has 1 rings (SSSR count). The molecule has 0 radical (unpaired) electrons. The minimum atomic E-state index is -0.438. The van der Waals surface area contributed by atoms with Crippen molar-refractivity contribution >= 4 is 35.8 Å². The second-order valence-electron chi connectivity index (χ2n) is 4.75. The minimum absolute atomic E-state index is 0. The van der Waals surface area contributed by atoms with Crippen LogP contribution < -0.4 is 10.6 Å². The molecule has 1 amide bonds. The van der Waals surface area contributed by atoms with Crippen LogP contribution in [-0.4, -0.2) is 25.8 Å². The Morgan fingerprint density at radius 3 is 2.10 bits per heavy atom. The van der Waals surface area contributed by atoms with Crippen LogP contribution in [0.3, 0.4) is 0 Å². The molecule has 3 nitrogen and oxygen atoms in total. The number of hydrogen-bond donors (Lipinski definition) is 1. The van der Waals surface area contributed by atoms with Crippen molar-refractivity contribution in [1.82, 2.24) is 0 Å². The van der Waals surface area contributed by atoms with Crippen LogP contribution in [0.4, 0.5) is 5.69 Å². The third-order valence-corrected chi connectivity index (χ3v) is 4.71. The van der Waals surface area contributed by atoms with Crippen molar-refractivity contribution in [1.29, 1.82) is 0 Å². The average Bonchev–Trinajstić information content (AvgIpc) is 2.48. The number of hydrogen-bond acceptors (Lipinski definition) is 3. The molecule has 0 aliphatic heterocycles. The van der Waals surface area contributed by atoms with Crippen LogP contribution in [0.2, 0.25) is 0 Å². The summed E-state index contributed by atoms with van der Waals surface area (Å²) < 4.78 is 0. The molecule has 0 aromatic heterocycles. The summed E-state index contributed by atoms with van der Waals surface area (Å²) in [5.41, 5.74) is 6.32. The lowest BCUT2D eigenvalue weighted by Crippen LogP contribution is -2.46. The number of rotatable bonds is 6. The molecule has 20 heavy (non-hydrogen) atoms. The van der Waals surface area contributed by atoms with Crippen LogP contribution in [0.5, 0.6) is 0 Å². The molecule has 0 spiro atoms. The molecule has 0 saturated heterocycles. The molecule has 0 unspecified atom stereocenters. The van der Waals surface area contributed by atoms with Gasteiger partial charge in [0.05, 0.1) is 5.41 Å². The average molecular weight is 317 g/mol. The first-order chi connectivity index (χ1) is 9.04. The maximum absolute atomic E-state index is 12.7. The maximum atomic E-state index is 12.7. The first kappa shape index (κ1) is 19.3. The van der Waals surface area contributed by atoms with Gasteiger partial charge in [0.15, 0.2) is 0 Å². The van der Waals surface area contributed by atoms with E-state index in [9.17, 15) is 4.79 Å². The van der Waals surface area contributed by atoms with E-state index in [2.05, 4.69) is 0 Å². The van der Waals surface area contributed by atoms with Crippen molar-refractivity contribution in [3.8, 4) is 0 Å². The molecule has 1 aromatic carbocycles. The monoisotopic (exact) mass is 316 g/mol. The Hall–Kier alpha value is -0.710. The van der Waals surface area contributed by atoms with Crippen molar-refractivity contribution < 1.29 is 4.79 Å². The summed E-state index contributed by atoms with van der Waals surface area (Å²) in [4.78, 5) is 15.6. The summed E-state index contributed by atoms with van der Waals surface area (Å²) in [6.45, 7) is 4.45. The summed E-state index contributed by atoms with van der Waals surface area (Å²) in [7, 11) is 1.83. The molecule has 0 bridgehead atoms. The third kappa shape index (κ3) is 3.90. The smallest absolute Gasteiger partial charge is 0.234 e. The number of thioether (sulfide) groups is 1. The van der Waals surface area contributed by atoms with Gasteiger partial charge in [0, 0.05) is 24.2 Å². The summed E-state index contributed by atoms with van der Waals surface area (Å²) >= 11 is 1.69. The van der Waals surface area contributed by atoms with Gasteiger partial charge in [-0.1, -0.05) is 13.8 Å². The van der Waals surface area contributed by atoms with Crippen LogP contribution >= 0.6 is 24.2 Å². The zero-order valence-corrected chi connectivity index (χ0v) is 14.3. The fourth-order valence-electron chi connectivity index (χ4n) is 2.21. The van der Waals surface area contributed by atoms with Crippen molar-refractivity contribution in [2.75, 3.05) is 24.7 Å². The van der Waals surface area contributed by atoms with E-state index in [-0.39, 0.29) is 18.3 Å². The van der Waals surface area contributed by atoms with E-state index in [0.29, 0.717) is 6.54 Å². The van der Waals surface area contributed by atoms with Crippen LogP contribution in [-0.2, 0) is 4.79 Å². The Bertz CT molecular complexity index is 410. The summed E-state index contributed by atoms with van der Waals surface area (Å²) in [6.07, 6.45) is 3.58. The molecular formula is C15H25ClN2OS. The van der Waals surface area contributed by atoms with Crippen molar-refractivity contribution in [2.24, 2.45) is 11.1 Å².